The topological polar surface area (TPSA) is 69.8 Å². The number of aryl methyl sites for hydroxylation is 2. The number of hydrogen-bond acceptors (Lipinski definition) is 9. The summed E-state index contributed by atoms with van der Waals surface area (Å²) in [5.74, 6) is 0.612. The molecule has 0 spiro atoms. The first-order valence-electron chi connectivity index (χ1n) is 44.8. The van der Waals surface area contributed by atoms with Gasteiger partial charge in [0, 0.05) is 140 Å². The van der Waals surface area contributed by atoms with Crippen LogP contribution in [0, 0.1) is 0 Å². The van der Waals surface area contributed by atoms with Crippen molar-refractivity contribution in [2.75, 3.05) is 54.4 Å². The molecule has 3 aliphatic rings. The summed E-state index contributed by atoms with van der Waals surface area (Å²) in [4.78, 5) is 26.6. The van der Waals surface area contributed by atoms with Crippen LogP contribution in [0.15, 0.2) is 470 Å². The number of rotatable bonds is 23. The van der Waals surface area contributed by atoms with Crippen molar-refractivity contribution in [1.82, 2.24) is 15.0 Å². The van der Waals surface area contributed by atoms with Crippen LogP contribution in [0.2, 0.25) is 0 Å². The third-order valence-corrected chi connectivity index (χ3v) is 23.2. The van der Waals surface area contributed by atoms with Gasteiger partial charge in [0.05, 0.1) is 68.2 Å². The van der Waals surface area contributed by atoms with Gasteiger partial charge in [0.15, 0.2) is 43.7 Å². The molecule has 0 bridgehead atoms. The van der Waals surface area contributed by atoms with Crippen molar-refractivity contribution in [2.24, 2.45) is 0 Å². The summed E-state index contributed by atoms with van der Waals surface area (Å²) in [6.07, 6.45) is 34.2. The number of pyridine rings is 6. The molecular formula is C119H125Br2ClN12+2. The lowest BCUT2D eigenvalue weighted by Gasteiger charge is -2.40. The van der Waals surface area contributed by atoms with E-state index in [1.807, 2.05) is 93.0 Å². The van der Waals surface area contributed by atoms with Crippen LogP contribution in [0.4, 0.5) is 85.3 Å². The number of nitrogens with zero attached hydrogens (tertiary/aromatic N) is 12. The van der Waals surface area contributed by atoms with Gasteiger partial charge in [-0.3, -0.25) is 15.0 Å². The van der Waals surface area contributed by atoms with Crippen LogP contribution in [0.1, 0.15) is 85.8 Å². The summed E-state index contributed by atoms with van der Waals surface area (Å²) in [5.41, 5.74) is 28.3. The van der Waals surface area contributed by atoms with Gasteiger partial charge in [0.1, 0.15) is 13.1 Å². The van der Waals surface area contributed by atoms with Crippen LogP contribution in [0.25, 0.3) is 33.4 Å². The Morgan fingerprint density at radius 1 is 0.269 bits per heavy atom. The van der Waals surface area contributed by atoms with Crippen molar-refractivity contribution in [3.63, 3.8) is 0 Å². The molecule has 11 aromatic carbocycles. The first-order valence-corrected chi connectivity index (χ1v) is 46.5. The minimum Gasteiger partial charge on any atom is -1.00 e. The summed E-state index contributed by atoms with van der Waals surface area (Å²) < 4.78 is 6.80. The average Bonchev–Trinajstić information content (AvgIpc) is 0.754. The molecule has 680 valence electrons. The van der Waals surface area contributed by atoms with Gasteiger partial charge in [0.2, 0.25) is 0 Å². The van der Waals surface area contributed by atoms with Crippen molar-refractivity contribution in [3.8, 4) is 33.4 Å². The molecule has 17 aromatic rings. The van der Waals surface area contributed by atoms with Crippen molar-refractivity contribution < 1.29 is 30.7 Å². The maximum atomic E-state index is 5.53. The molecule has 0 N–H and O–H groups in total. The van der Waals surface area contributed by atoms with Crippen LogP contribution < -0.4 is 60.1 Å². The van der Waals surface area contributed by atoms with Gasteiger partial charge in [0.25, 0.3) is 0 Å². The number of para-hydroxylation sites is 15. The minimum absolute atomic E-state index is 0. The van der Waals surface area contributed by atoms with Crippen LogP contribution >= 0.6 is 27.5 Å². The quantitative estimate of drug-likeness (QED) is 0.0270. The second kappa shape index (κ2) is 54.6. The highest BCUT2D eigenvalue weighted by atomic mass is 79.9. The lowest BCUT2D eigenvalue weighted by molar-refractivity contribution is -0.697. The van der Waals surface area contributed by atoms with Crippen LogP contribution in [-0.2, 0) is 25.5 Å². The van der Waals surface area contributed by atoms with Gasteiger partial charge < -0.3 is 46.4 Å². The van der Waals surface area contributed by atoms with E-state index in [1.54, 1.807) is 36.9 Å². The van der Waals surface area contributed by atoms with E-state index < -0.39 is 0 Å². The minimum atomic E-state index is 0. The molecule has 3 aliphatic heterocycles. The standard InChI is InChI=1S/C39H36N4.C32H29N4.C22H21BrN2.C10H8N2.C7H7Cl.2C3H6.3CH4.BrH/c1-3-13-32(14-4-1)31-41-29-23-34(24-30-41)33-21-27-40(28-22-33)25-11-12-26-42-36-17-7-9-19-38(36)43(35-15-5-2-6-16-35)39-20-10-8-18-37(39)42;1-2-10-28(11-3-1)36-31-14-6-4-12-29(31)35(30-13-5-7-15-32(30)36)23-9-8-22-34-24-18-27(19-25-34)26-16-20-33-21-17-26;23-16-8-9-17-24-19-12-4-6-14-21(19)25(18-10-2-1-3-11-18)22-15-7-5-13-20(22)24;1-5-11-6-2-9(1)10-3-7-12-8-4-10;8-6-7-4-2-1-3-5-7;2*1-3-2;;;;/h1-10,13-24,27-30H,11-12,25-26,31H2;1-7,10-21,24-25H,8-9,22-23H2;1-7,10-15H,8-9,16-17H2;1-8H;1-5H,6H2;2*3H,1H2,2H3;3*1H4;1H/q+2;+1;;;;;;;;;/p-1. The van der Waals surface area contributed by atoms with E-state index in [0.717, 1.165) is 70.3 Å². The van der Waals surface area contributed by atoms with Crippen molar-refractivity contribution >= 4 is 113 Å². The summed E-state index contributed by atoms with van der Waals surface area (Å²) in [6.45, 7) is 16.4. The van der Waals surface area contributed by atoms with Crippen molar-refractivity contribution in [1.29, 1.82) is 0 Å². The first kappa shape index (κ1) is 102. The molecule has 134 heavy (non-hydrogen) atoms. The Labute approximate surface area is 821 Å². The molecule has 0 unspecified atom stereocenters. The Morgan fingerprint density at radius 3 is 0.716 bits per heavy atom. The van der Waals surface area contributed by atoms with Gasteiger partial charge in [-0.25, -0.2) is 13.7 Å². The highest BCUT2D eigenvalue weighted by Crippen LogP contribution is 2.54. The van der Waals surface area contributed by atoms with E-state index in [0.29, 0.717) is 5.88 Å². The van der Waals surface area contributed by atoms with E-state index in [9.17, 15) is 0 Å². The van der Waals surface area contributed by atoms with E-state index >= 15 is 0 Å². The van der Waals surface area contributed by atoms with Crippen molar-refractivity contribution in [3.05, 3.63) is 481 Å². The summed E-state index contributed by atoms with van der Waals surface area (Å²) in [7, 11) is 0. The molecule has 20 rings (SSSR count). The molecule has 0 radical (unpaired) electrons. The Balaban J connectivity index is 0.000000184. The first-order chi connectivity index (χ1) is 64.3. The zero-order valence-electron chi connectivity index (χ0n) is 74.6. The van der Waals surface area contributed by atoms with Gasteiger partial charge >= 0.3 is 0 Å². The second-order valence-electron chi connectivity index (χ2n) is 31.2. The number of halogens is 3. The third kappa shape index (κ3) is 27.3. The molecule has 6 aromatic heterocycles. The van der Waals surface area contributed by atoms with Crippen molar-refractivity contribution in [2.45, 2.75) is 100 Å². The Morgan fingerprint density at radius 2 is 0.478 bits per heavy atom. The van der Waals surface area contributed by atoms with Gasteiger partial charge in [-0.1, -0.05) is 238 Å². The fourth-order valence-electron chi connectivity index (χ4n) is 16.2. The van der Waals surface area contributed by atoms with Crippen LogP contribution in [0.5, 0.6) is 0 Å². The fourth-order valence-corrected chi connectivity index (χ4v) is 16.8. The van der Waals surface area contributed by atoms with Gasteiger partial charge in [-0.2, -0.15) is 0 Å². The zero-order valence-corrected chi connectivity index (χ0v) is 78.5. The molecular weight excluding hydrogens is 1790 g/mol. The van der Waals surface area contributed by atoms with E-state index in [4.69, 9.17) is 11.6 Å². The van der Waals surface area contributed by atoms with Gasteiger partial charge in [-0.15, -0.1) is 24.8 Å². The Hall–Kier alpha value is -14.2. The van der Waals surface area contributed by atoms with Crippen LogP contribution in [-0.4, -0.2) is 39.9 Å². The molecule has 0 fully saturated rings. The zero-order chi connectivity index (χ0) is 89.5. The van der Waals surface area contributed by atoms with Crippen LogP contribution in [0.3, 0.4) is 0 Å². The second-order valence-corrected chi connectivity index (χ2v) is 32.3. The molecule has 12 nitrogen and oxygen atoms in total. The monoisotopic (exact) mass is 1910 g/mol. The number of unbranched alkanes of at least 4 members (excludes halogenated alkanes) is 3. The molecule has 0 saturated carbocycles. The van der Waals surface area contributed by atoms with E-state index in [2.05, 4.69) is 428 Å². The largest absolute Gasteiger partial charge is 1.00 e. The highest BCUT2D eigenvalue weighted by molar-refractivity contribution is 9.09. The fraction of sp³-hybridized carbons (Fsp3) is 0.160. The Bertz CT molecular complexity index is 6050. The molecule has 0 atom stereocenters. The number of aromatic nitrogens is 6. The number of hydrogen-bond donors (Lipinski definition) is 0. The molecule has 0 amide bonds. The van der Waals surface area contributed by atoms with E-state index in [-0.39, 0.29) is 39.3 Å². The molecule has 0 saturated heterocycles. The number of anilines is 15. The maximum Gasteiger partial charge on any atom is 0.173 e. The van der Waals surface area contributed by atoms with E-state index in [1.165, 1.54) is 143 Å². The highest BCUT2D eigenvalue weighted by Gasteiger charge is 2.32. The number of allylic oxidation sites excluding steroid dienone is 2. The number of alkyl halides is 2. The number of benzene rings is 11. The lowest BCUT2D eigenvalue weighted by atomic mass is 10.1. The summed E-state index contributed by atoms with van der Waals surface area (Å²) >= 11 is 9.08. The predicted molar refractivity (Wildman–Crippen MR) is 569 cm³/mol. The summed E-state index contributed by atoms with van der Waals surface area (Å²) in [5, 5.41) is 1.06. The Kier molecular flexibility index (Phi) is 41.6. The number of fused-ring (bicyclic) bond motifs is 6. The predicted octanol–water partition coefficient (Wildman–Crippen LogP) is 28.5. The smallest absolute Gasteiger partial charge is 0.173 e. The molecule has 9 heterocycles. The summed E-state index contributed by atoms with van der Waals surface area (Å²) in [6, 6.07) is 130. The lowest BCUT2D eigenvalue weighted by Crippen LogP contribution is -3.00. The third-order valence-electron chi connectivity index (χ3n) is 22.3. The normalized spacial score (nSPS) is 11.1. The average molecular weight is 1920 g/mol. The molecule has 0 aliphatic carbocycles. The maximum absolute atomic E-state index is 5.53. The molecule has 15 heteroatoms. The van der Waals surface area contributed by atoms with Gasteiger partial charge in [-0.05, 0) is 224 Å². The SMILES string of the molecule is BrCCCCN1c2ccccc2N(c2ccccc2)c2ccccc21.C.C.C.C=CC.C=CC.ClCc1ccccc1.[Br-].c1cc(-c2ccncc2)ccn1.c1ccc(C[n+]2ccc(-c3cc[n+](CCCCN4c5ccccc5N(c5ccccc5)c5ccccc54)cc3)cc2)cc1.c1ccc(N2c3ccccc3N(CCCC[n+]3ccc(-c4ccncc4)cc3)c3ccccc32)cc1.